The number of halogens is 3. The number of pyridine rings is 1. The van der Waals surface area contributed by atoms with Crippen LogP contribution in [0.25, 0.3) is 4.85 Å². The molecule has 1 saturated carbocycles. The molecule has 60 heavy (non-hydrogen) atoms. The first kappa shape index (κ1) is 32.4. The molecule has 13 nitrogen and oxygen atoms in total. The molecule has 316 valence electrons. The number of rotatable bonds is 9. The minimum atomic E-state index is -3.55. The maximum absolute atomic E-state index is 16.1. The largest absolute Gasteiger partial charge is 0.489 e. The van der Waals surface area contributed by atoms with Gasteiger partial charge in [-0.25, -0.2) is 18.6 Å². The molecule has 4 aliphatic heterocycles. The summed E-state index contributed by atoms with van der Waals surface area (Å²) in [6.07, 6.45) is 1.59. The summed E-state index contributed by atoms with van der Waals surface area (Å²) in [6.45, 7) is 1.15. The van der Waals surface area contributed by atoms with Crippen LogP contribution in [0.15, 0.2) is 42.6 Å². The summed E-state index contributed by atoms with van der Waals surface area (Å²) in [4.78, 5) is 62.3. The van der Waals surface area contributed by atoms with E-state index in [1.54, 1.807) is 30.3 Å². The molecule has 2 N–H and O–H groups in total. The number of aromatic nitrogens is 1. The molecule has 5 aliphatic rings. The topological polar surface area (TPSA) is 132 Å². The first-order valence-electron chi connectivity index (χ1n) is 23.7. The smallest absolute Gasteiger partial charge is 0.258 e. The lowest BCUT2D eigenvalue weighted by molar-refractivity contribution is -0.164. The molecular formula is C44H49ClF2N8O5. The highest BCUT2D eigenvalue weighted by Crippen LogP contribution is 2.56. The number of carbonyl (C=O) groups is 4. The van der Waals surface area contributed by atoms with Crippen LogP contribution in [0.5, 0.6) is 5.75 Å². The highest BCUT2D eigenvalue weighted by molar-refractivity contribution is 6.33. The molecule has 8 rings (SSSR count). The lowest BCUT2D eigenvalue weighted by Crippen LogP contribution is -2.74. The first-order chi connectivity index (χ1) is 31.6. The van der Waals surface area contributed by atoms with Gasteiger partial charge in [0.1, 0.15) is 23.7 Å². The van der Waals surface area contributed by atoms with Gasteiger partial charge in [0.2, 0.25) is 17.5 Å². The minimum Gasteiger partial charge on any atom is -0.489 e. The molecule has 1 aromatic heterocycles. The summed E-state index contributed by atoms with van der Waals surface area (Å²) in [5.74, 6) is -5.97. The molecule has 16 heteroatoms. The number of piperazine rings is 1. The van der Waals surface area contributed by atoms with Crippen molar-refractivity contribution in [2.75, 3.05) is 55.4 Å². The molecule has 3 saturated heterocycles. The van der Waals surface area contributed by atoms with E-state index in [0.717, 1.165) is 11.0 Å². The van der Waals surface area contributed by atoms with Crippen molar-refractivity contribution in [3.63, 3.8) is 0 Å². The van der Waals surface area contributed by atoms with Gasteiger partial charge in [-0.1, -0.05) is 45.4 Å². The van der Waals surface area contributed by atoms with E-state index in [0.29, 0.717) is 53.6 Å². The number of imide groups is 1. The number of carbonyl (C=O) groups excluding carboxylic acids is 4. The number of nitrogens with one attached hydrogen (secondary N) is 2. The zero-order chi connectivity index (χ0) is 49.8. The molecule has 0 spiro atoms. The number of amides is 4. The van der Waals surface area contributed by atoms with Crippen molar-refractivity contribution < 1.29 is 43.7 Å². The molecule has 5 heterocycles. The van der Waals surface area contributed by atoms with Crippen LogP contribution < -0.4 is 25.2 Å². The lowest BCUT2D eigenvalue weighted by atomic mass is 9.49. The van der Waals surface area contributed by atoms with Crippen LogP contribution >= 0.6 is 11.6 Å². The van der Waals surface area contributed by atoms with Gasteiger partial charge in [0, 0.05) is 87.1 Å². The SMILES string of the molecule is [2H]C1([2H])N(CC2CCN(c3ccc(C(=O)NC4C(C)(C)C(Oc5ccc([N+]#[C-])c(Cl)c5)C4(C)C)cn3)CC2)C([2H])([2H])C([2H])([2H])N(c2cc3c(c(F)c2F)C(=O)N(C2CCC(=O)NC2=O)C3)C1([2H])[2H]. The molecule has 1 aliphatic carbocycles. The maximum Gasteiger partial charge on any atom is 0.258 e. The van der Waals surface area contributed by atoms with E-state index < -0.39 is 102 Å². The fraction of sp³-hybridized carbons (Fsp3) is 0.500. The monoisotopic (exact) mass is 850 g/mol. The van der Waals surface area contributed by atoms with Crippen molar-refractivity contribution in [1.29, 1.82) is 0 Å². The second kappa shape index (κ2) is 15.9. The van der Waals surface area contributed by atoms with Crippen molar-refractivity contribution in [2.45, 2.75) is 78.1 Å². The van der Waals surface area contributed by atoms with Crippen molar-refractivity contribution in [3.8, 4) is 5.75 Å². The summed E-state index contributed by atoms with van der Waals surface area (Å²) < 4.78 is 110. The molecule has 0 bridgehead atoms. The van der Waals surface area contributed by atoms with E-state index in [9.17, 15) is 19.2 Å². The maximum atomic E-state index is 16.1. The Kier molecular flexibility index (Phi) is 8.61. The Morgan fingerprint density at radius 3 is 2.37 bits per heavy atom. The summed E-state index contributed by atoms with van der Waals surface area (Å²) in [7, 11) is 0. The van der Waals surface area contributed by atoms with Crippen LogP contribution in [0.4, 0.5) is 26.0 Å². The van der Waals surface area contributed by atoms with Crippen molar-refractivity contribution in [3.05, 3.63) is 87.4 Å². The second-order valence-corrected chi connectivity index (χ2v) is 17.4. The highest BCUT2D eigenvalue weighted by Gasteiger charge is 2.64. The van der Waals surface area contributed by atoms with E-state index in [-0.39, 0.29) is 46.4 Å². The van der Waals surface area contributed by atoms with Crippen LogP contribution in [-0.4, -0.2) is 102 Å². The van der Waals surface area contributed by atoms with Crippen molar-refractivity contribution in [2.24, 2.45) is 16.7 Å². The van der Waals surface area contributed by atoms with Crippen LogP contribution in [0.1, 0.15) is 90.6 Å². The number of hydrogen-bond donors (Lipinski definition) is 2. The van der Waals surface area contributed by atoms with E-state index in [4.69, 9.17) is 33.9 Å². The molecule has 0 radical (unpaired) electrons. The average Bonchev–Trinajstić information content (AvgIpc) is 3.59. The van der Waals surface area contributed by atoms with Gasteiger partial charge in [-0.05, 0) is 61.1 Å². The number of ether oxygens (including phenoxy) is 1. The van der Waals surface area contributed by atoms with Gasteiger partial charge in [0.05, 0.1) is 33.9 Å². The third kappa shape index (κ3) is 7.53. The highest BCUT2D eigenvalue weighted by atomic mass is 35.5. The minimum absolute atomic E-state index is 0.0810. The van der Waals surface area contributed by atoms with E-state index in [2.05, 4.69) is 20.5 Å². The predicted molar refractivity (Wildman–Crippen MR) is 221 cm³/mol. The fourth-order valence-electron chi connectivity index (χ4n) is 9.41. The van der Waals surface area contributed by atoms with Gasteiger partial charge < -0.3 is 24.8 Å². The molecule has 4 fully saturated rings. The Morgan fingerprint density at radius 2 is 1.73 bits per heavy atom. The van der Waals surface area contributed by atoms with E-state index >= 15 is 8.78 Å². The molecule has 1 unspecified atom stereocenters. The number of nitrogens with zero attached hydrogens (tertiary/aromatic N) is 6. The second-order valence-electron chi connectivity index (χ2n) is 17.0. The van der Waals surface area contributed by atoms with Gasteiger partial charge in [-0.3, -0.25) is 29.4 Å². The van der Waals surface area contributed by atoms with Crippen LogP contribution in [0.3, 0.4) is 0 Å². The molecule has 1 atom stereocenters. The Bertz CT molecular complexity index is 2600. The van der Waals surface area contributed by atoms with Gasteiger partial charge in [-0.2, -0.15) is 0 Å². The first-order valence-corrected chi connectivity index (χ1v) is 20.1. The third-order valence-corrected chi connectivity index (χ3v) is 12.6. The molecular weight excluding hydrogens is 794 g/mol. The summed E-state index contributed by atoms with van der Waals surface area (Å²) in [5.41, 5.74) is -2.57. The molecule has 3 aromatic rings. The number of benzene rings is 2. The fourth-order valence-corrected chi connectivity index (χ4v) is 9.63. The Labute approximate surface area is 364 Å². The normalized spacial score (nSPS) is 29.4. The van der Waals surface area contributed by atoms with Crippen LogP contribution in [-0.2, 0) is 16.1 Å². The molecule has 4 amide bonds. The van der Waals surface area contributed by atoms with Gasteiger partial charge in [-0.15, -0.1) is 0 Å². The van der Waals surface area contributed by atoms with Crippen LogP contribution in [0.2, 0.25) is 5.02 Å². The van der Waals surface area contributed by atoms with E-state index in [1.807, 2.05) is 32.6 Å². The quantitative estimate of drug-likeness (QED) is 0.198. The van der Waals surface area contributed by atoms with Gasteiger partial charge in [0.15, 0.2) is 11.6 Å². The van der Waals surface area contributed by atoms with Gasteiger partial charge >= 0.3 is 0 Å². The van der Waals surface area contributed by atoms with Crippen LogP contribution in [0, 0.1) is 35.0 Å². The zero-order valence-corrected chi connectivity index (χ0v) is 34.1. The predicted octanol–water partition coefficient (Wildman–Crippen LogP) is 5.98. The number of anilines is 2. The van der Waals surface area contributed by atoms with Crippen molar-refractivity contribution >= 4 is 52.4 Å². The lowest BCUT2D eigenvalue weighted by Gasteiger charge is -2.63. The summed E-state index contributed by atoms with van der Waals surface area (Å²) in [6, 6.07) is 7.50. The number of hydrogen-bond acceptors (Lipinski definition) is 9. The summed E-state index contributed by atoms with van der Waals surface area (Å²) >= 11 is 6.24. The zero-order valence-electron chi connectivity index (χ0n) is 41.4. The van der Waals surface area contributed by atoms with Crippen molar-refractivity contribution in [1.82, 2.24) is 25.4 Å². The summed E-state index contributed by atoms with van der Waals surface area (Å²) in [5, 5.41) is 5.51. The number of fused-ring (bicyclic) bond motifs is 1. The van der Waals surface area contributed by atoms with E-state index in [1.165, 1.54) is 6.20 Å². The average molecular weight is 851 g/mol. The Hall–Kier alpha value is -5.33. The Balaban J connectivity index is 0.919. The standard InChI is InChI=1S/C44H49ClF2N8O5/c1-43(2)41(44(3,4)42(43)60-28-7-8-30(48-5)29(45)21-28)51-38(57)26-6-10-33(49-22-26)54-14-12-25(13-15-54)23-52-16-18-53(19-17-52)32-20-27-24-55(31-9-11-34(56)50-39(31)58)40(59)35(27)37(47)36(32)46/h6-8,10,20-22,25,31,41-42H,9,11-19,23-24H2,1-4H3,(H,51,57)(H,50,56,58)/i16D2,17D2,18D2,19D2. The van der Waals surface area contributed by atoms with Gasteiger partial charge in [0.25, 0.3) is 11.8 Å². The Morgan fingerprint density at radius 1 is 1.02 bits per heavy atom. The third-order valence-electron chi connectivity index (χ3n) is 12.3. The molecule has 2 aromatic carbocycles. The number of piperidine rings is 2.